The SMILES string of the molecule is CCN1CCN(Cc2ccc(CN=C(N)Nc3cccc(C)c3)cc2)CC1.I. The molecule has 6 heteroatoms. The average Bonchev–Trinajstić information content (AvgIpc) is 2.68. The molecule has 2 aromatic carbocycles. The summed E-state index contributed by atoms with van der Waals surface area (Å²) in [7, 11) is 0. The Bertz CT molecular complexity index is 752. The first kappa shape index (κ1) is 22.6. The fourth-order valence-corrected chi connectivity index (χ4v) is 3.36. The molecule has 0 spiro atoms. The molecule has 0 saturated carbocycles. The van der Waals surface area contributed by atoms with E-state index in [0.717, 1.165) is 31.9 Å². The molecule has 152 valence electrons. The third kappa shape index (κ3) is 7.07. The maximum absolute atomic E-state index is 6.01. The van der Waals surface area contributed by atoms with Crippen molar-refractivity contribution in [2.75, 3.05) is 38.0 Å². The van der Waals surface area contributed by atoms with Crippen molar-refractivity contribution in [3.8, 4) is 0 Å². The largest absolute Gasteiger partial charge is 0.370 e. The molecule has 1 fully saturated rings. The molecule has 0 aliphatic carbocycles. The van der Waals surface area contributed by atoms with E-state index in [-0.39, 0.29) is 24.0 Å². The number of nitrogens with one attached hydrogen (secondary N) is 1. The number of nitrogens with two attached hydrogens (primary N) is 1. The minimum atomic E-state index is 0. The van der Waals surface area contributed by atoms with Gasteiger partial charge in [0.2, 0.25) is 0 Å². The van der Waals surface area contributed by atoms with Gasteiger partial charge in [0.25, 0.3) is 0 Å². The molecule has 0 bridgehead atoms. The van der Waals surface area contributed by atoms with E-state index >= 15 is 0 Å². The zero-order chi connectivity index (χ0) is 19.1. The van der Waals surface area contributed by atoms with Crippen molar-refractivity contribution in [1.82, 2.24) is 9.80 Å². The van der Waals surface area contributed by atoms with Gasteiger partial charge in [-0.2, -0.15) is 0 Å². The molecule has 1 saturated heterocycles. The first-order chi connectivity index (χ1) is 13.1. The summed E-state index contributed by atoms with van der Waals surface area (Å²) < 4.78 is 0. The van der Waals surface area contributed by atoms with Gasteiger partial charge in [0.05, 0.1) is 6.54 Å². The van der Waals surface area contributed by atoms with Crippen LogP contribution in [-0.2, 0) is 13.1 Å². The highest BCUT2D eigenvalue weighted by Crippen LogP contribution is 2.12. The minimum absolute atomic E-state index is 0. The van der Waals surface area contributed by atoms with Crippen molar-refractivity contribution < 1.29 is 0 Å². The molecule has 0 amide bonds. The van der Waals surface area contributed by atoms with Crippen LogP contribution in [0.3, 0.4) is 0 Å². The topological polar surface area (TPSA) is 56.9 Å². The molecule has 1 aliphatic rings. The van der Waals surface area contributed by atoms with Crippen LogP contribution in [0.1, 0.15) is 23.6 Å². The summed E-state index contributed by atoms with van der Waals surface area (Å²) >= 11 is 0. The van der Waals surface area contributed by atoms with Crippen molar-refractivity contribution >= 4 is 35.6 Å². The second-order valence-corrected chi connectivity index (χ2v) is 7.22. The average molecular weight is 493 g/mol. The quantitative estimate of drug-likeness (QED) is 0.366. The van der Waals surface area contributed by atoms with Crippen molar-refractivity contribution in [1.29, 1.82) is 0 Å². The summed E-state index contributed by atoms with van der Waals surface area (Å²) in [5.41, 5.74) is 10.7. The predicted molar refractivity (Wildman–Crippen MR) is 129 cm³/mol. The fraction of sp³-hybridized carbons (Fsp3) is 0.409. The van der Waals surface area contributed by atoms with Gasteiger partial charge in [-0.3, -0.25) is 4.90 Å². The third-order valence-electron chi connectivity index (χ3n) is 5.06. The standard InChI is InChI=1S/C22H31N5.HI/c1-3-26-11-13-27(14-12-26)17-20-9-7-19(8-10-20)16-24-22(23)25-21-6-4-5-18(2)15-21;/h4-10,15H,3,11-14,16-17H2,1-2H3,(H3,23,24,25);1H. The van der Waals surface area contributed by atoms with Gasteiger partial charge >= 0.3 is 0 Å². The van der Waals surface area contributed by atoms with Crippen LogP contribution in [0.5, 0.6) is 0 Å². The molecule has 0 atom stereocenters. The Morgan fingerprint density at radius 1 is 1.00 bits per heavy atom. The van der Waals surface area contributed by atoms with Crippen LogP contribution < -0.4 is 11.1 Å². The molecule has 1 aliphatic heterocycles. The summed E-state index contributed by atoms with van der Waals surface area (Å²) in [6, 6.07) is 16.8. The molecule has 28 heavy (non-hydrogen) atoms. The lowest BCUT2D eigenvalue weighted by atomic mass is 10.1. The number of hydrogen-bond donors (Lipinski definition) is 2. The van der Waals surface area contributed by atoms with Gasteiger partial charge < -0.3 is 16.0 Å². The molecule has 0 radical (unpaired) electrons. The molecular formula is C22H32IN5. The Kier molecular flexibility index (Phi) is 9.21. The van der Waals surface area contributed by atoms with E-state index < -0.39 is 0 Å². The molecule has 1 heterocycles. The second-order valence-electron chi connectivity index (χ2n) is 7.22. The number of anilines is 1. The number of aryl methyl sites for hydroxylation is 1. The van der Waals surface area contributed by atoms with Gasteiger partial charge in [-0.15, -0.1) is 24.0 Å². The van der Waals surface area contributed by atoms with E-state index in [2.05, 4.69) is 70.4 Å². The van der Waals surface area contributed by atoms with Crippen molar-refractivity contribution in [3.63, 3.8) is 0 Å². The first-order valence-electron chi connectivity index (χ1n) is 9.78. The number of rotatable bonds is 6. The van der Waals surface area contributed by atoms with Crippen molar-refractivity contribution in [2.24, 2.45) is 10.7 Å². The van der Waals surface area contributed by atoms with Crippen LogP contribution in [-0.4, -0.2) is 48.5 Å². The van der Waals surface area contributed by atoms with Gasteiger partial charge in [-0.05, 0) is 42.3 Å². The predicted octanol–water partition coefficient (Wildman–Crippen LogP) is 3.68. The second kappa shape index (κ2) is 11.4. The van der Waals surface area contributed by atoms with E-state index in [1.807, 2.05) is 12.1 Å². The van der Waals surface area contributed by atoms with Crippen LogP contribution in [0.2, 0.25) is 0 Å². The summed E-state index contributed by atoms with van der Waals surface area (Å²) in [5, 5.41) is 3.14. The van der Waals surface area contributed by atoms with E-state index in [0.29, 0.717) is 12.5 Å². The Balaban J connectivity index is 0.00000280. The van der Waals surface area contributed by atoms with Crippen LogP contribution in [0, 0.1) is 6.92 Å². The molecule has 0 aromatic heterocycles. The summed E-state index contributed by atoms with van der Waals surface area (Å²) in [6.45, 7) is 11.7. The van der Waals surface area contributed by atoms with E-state index in [4.69, 9.17) is 5.73 Å². The van der Waals surface area contributed by atoms with Gasteiger partial charge in [0.15, 0.2) is 5.96 Å². The normalized spacial score (nSPS) is 15.9. The lowest BCUT2D eigenvalue weighted by Crippen LogP contribution is -2.45. The van der Waals surface area contributed by atoms with Crippen LogP contribution >= 0.6 is 24.0 Å². The molecule has 3 N–H and O–H groups in total. The minimum Gasteiger partial charge on any atom is -0.370 e. The van der Waals surface area contributed by atoms with E-state index in [1.54, 1.807) is 0 Å². The Hall–Kier alpha value is -1.64. The number of nitrogens with zero attached hydrogens (tertiary/aromatic N) is 3. The first-order valence-corrected chi connectivity index (χ1v) is 9.78. The molecule has 3 rings (SSSR count). The number of piperazine rings is 1. The number of guanidine groups is 1. The summed E-state index contributed by atoms with van der Waals surface area (Å²) in [6.07, 6.45) is 0. The van der Waals surface area contributed by atoms with Gasteiger partial charge in [-0.1, -0.05) is 43.3 Å². The number of benzene rings is 2. The van der Waals surface area contributed by atoms with Crippen LogP contribution in [0.4, 0.5) is 5.69 Å². The van der Waals surface area contributed by atoms with Crippen molar-refractivity contribution in [3.05, 3.63) is 65.2 Å². The van der Waals surface area contributed by atoms with Crippen LogP contribution in [0.25, 0.3) is 0 Å². The molecule has 0 unspecified atom stereocenters. The number of aliphatic imine (C=N–C) groups is 1. The maximum Gasteiger partial charge on any atom is 0.193 e. The summed E-state index contributed by atoms with van der Waals surface area (Å²) in [5.74, 6) is 0.443. The van der Waals surface area contributed by atoms with Gasteiger partial charge in [0, 0.05) is 38.4 Å². The van der Waals surface area contributed by atoms with E-state index in [1.165, 1.54) is 29.8 Å². The maximum atomic E-state index is 6.01. The smallest absolute Gasteiger partial charge is 0.193 e. The van der Waals surface area contributed by atoms with Crippen LogP contribution in [0.15, 0.2) is 53.5 Å². The highest BCUT2D eigenvalue weighted by atomic mass is 127. The molecule has 2 aromatic rings. The highest BCUT2D eigenvalue weighted by Gasteiger charge is 2.15. The number of halogens is 1. The fourth-order valence-electron chi connectivity index (χ4n) is 3.36. The lowest BCUT2D eigenvalue weighted by molar-refractivity contribution is 0.132. The zero-order valence-corrected chi connectivity index (χ0v) is 19.2. The van der Waals surface area contributed by atoms with Gasteiger partial charge in [-0.25, -0.2) is 4.99 Å². The van der Waals surface area contributed by atoms with Crippen molar-refractivity contribution in [2.45, 2.75) is 26.9 Å². The zero-order valence-electron chi connectivity index (χ0n) is 16.9. The molecule has 5 nitrogen and oxygen atoms in total. The monoisotopic (exact) mass is 493 g/mol. The highest BCUT2D eigenvalue weighted by molar-refractivity contribution is 14.0. The van der Waals surface area contributed by atoms with Gasteiger partial charge in [0.1, 0.15) is 0 Å². The molecular weight excluding hydrogens is 461 g/mol. The Morgan fingerprint density at radius 3 is 2.29 bits per heavy atom. The third-order valence-corrected chi connectivity index (χ3v) is 5.06. The Morgan fingerprint density at radius 2 is 1.64 bits per heavy atom. The van der Waals surface area contributed by atoms with E-state index in [9.17, 15) is 0 Å². The lowest BCUT2D eigenvalue weighted by Gasteiger charge is -2.34. The Labute approximate surface area is 186 Å². The number of likely N-dealkylation sites (N-methyl/N-ethyl adjacent to an activating group) is 1. The summed E-state index contributed by atoms with van der Waals surface area (Å²) in [4.78, 5) is 9.49. The number of hydrogen-bond acceptors (Lipinski definition) is 3.